The molecule has 0 bridgehead atoms. The van der Waals surface area contributed by atoms with Crippen LogP contribution in [0.2, 0.25) is 0 Å². The third-order valence-electron chi connectivity index (χ3n) is 5.24. The highest BCUT2D eigenvalue weighted by Gasteiger charge is 2.26. The average molecular weight is 449 g/mol. The van der Waals surface area contributed by atoms with Crippen molar-refractivity contribution in [1.82, 2.24) is 5.32 Å². The van der Waals surface area contributed by atoms with Gasteiger partial charge in [-0.2, -0.15) is 0 Å². The Morgan fingerprint density at radius 3 is 2.31 bits per heavy atom. The van der Waals surface area contributed by atoms with E-state index in [1.165, 1.54) is 0 Å². The predicted octanol–water partition coefficient (Wildman–Crippen LogP) is 4.41. The summed E-state index contributed by atoms with van der Waals surface area (Å²) in [7, 11) is -3.67. The average Bonchev–Trinajstić information content (AvgIpc) is 3.20. The molecule has 0 saturated carbocycles. The van der Waals surface area contributed by atoms with Crippen molar-refractivity contribution in [3.63, 3.8) is 0 Å². The number of para-hydroxylation sites is 2. The summed E-state index contributed by atoms with van der Waals surface area (Å²) in [5.74, 6) is 0.139. The minimum Gasteiger partial charge on any atom is -0.459 e. The molecule has 0 saturated heterocycles. The van der Waals surface area contributed by atoms with E-state index in [1.807, 2.05) is 79.7 Å². The number of amides is 1. The topological polar surface area (TPSA) is 79.6 Å². The van der Waals surface area contributed by atoms with Gasteiger partial charge in [0.05, 0.1) is 11.9 Å². The Kier molecular flexibility index (Phi) is 6.01. The third kappa shape index (κ3) is 4.68. The fourth-order valence-electron chi connectivity index (χ4n) is 3.67. The fraction of sp³-hybridized carbons (Fsp3) is 0.160. The van der Waals surface area contributed by atoms with Gasteiger partial charge in [-0.05, 0) is 36.2 Å². The molecule has 0 aliphatic rings. The molecule has 32 heavy (non-hydrogen) atoms. The Bertz CT molecular complexity index is 1310. The van der Waals surface area contributed by atoms with Crippen molar-refractivity contribution in [2.75, 3.05) is 17.1 Å². The Balaban J connectivity index is 1.66. The van der Waals surface area contributed by atoms with Gasteiger partial charge in [-0.25, -0.2) is 8.42 Å². The molecule has 4 rings (SSSR count). The summed E-state index contributed by atoms with van der Waals surface area (Å²) in [6.07, 6.45) is 1.10. The van der Waals surface area contributed by atoms with E-state index in [-0.39, 0.29) is 6.54 Å². The molecular weight excluding hydrogens is 424 g/mol. The van der Waals surface area contributed by atoms with Crippen LogP contribution in [-0.2, 0) is 14.8 Å². The number of nitrogens with zero attached hydrogens (tertiary/aromatic N) is 1. The van der Waals surface area contributed by atoms with E-state index in [9.17, 15) is 13.2 Å². The number of carbonyl (C=O) groups is 1. The lowest BCUT2D eigenvalue weighted by molar-refractivity contribution is -0.120. The molecule has 1 amide bonds. The Morgan fingerprint density at radius 1 is 0.969 bits per heavy atom. The molecule has 1 N–H and O–H groups in total. The highest BCUT2D eigenvalue weighted by atomic mass is 32.2. The van der Waals surface area contributed by atoms with E-state index in [0.717, 1.165) is 32.7 Å². The van der Waals surface area contributed by atoms with Crippen LogP contribution < -0.4 is 9.62 Å². The second kappa shape index (κ2) is 8.88. The number of fused-ring (bicyclic) bond motifs is 1. The number of anilines is 1. The standard InChI is InChI=1S/C25H24N2O4S/c1-18-10-6-8-14-21(18)27(32(2,29)30)17-24(28)26-25(19-11-4-3-5-12-19)23-16-20-13-7-9-15-22(20)31-23/h3-16,25H,17H2,1-2H3,(H,26,28). The summed E-state index contributed by atoms with van der Waals surface area (Å²) in [6, 6.07) is 25.5. The van der Waals surface area contributed by atoms with E-state index < -0.39 is 22.0 Å². The zero-order valence-corrected chi connectivity index (χ0v) is 18.7. The third-order valence-corrected chi connectivity index (χ3v) is 6.37. The van der Waals surface area contributed by atoms with Gasteiger partial charge >= 0.3 is 0 Å². The Hall–Kier alpha value is -3.58. The summed E-state index contributed by atoms with van der Waals surface area (Å²) in [5.41, 5.74) is 2.80. The first-order valence-corrected chi connectivity index (χ1v) is 12.0. The molecule has 1 unspecified atom stereocenters. The van der Waals surface area contributed by atoms with Crippen LogP contribution >= 0.6 is 0 Å². The Morgan fingerprint density at radius 2 is 1.62 bits per heavy atom. The maximum Gasteiger partial charge on any atom is 0.241 e. The molecule has 7 heteroatoms. The van der Waals surface area contributed by atoms with E-state index in [2.05, 4.69) is 5.32 Å². The monoisotopic (exact) mass is 448 g/mol. The lowest BCUT2D eigenvalue weighted by atomic mass is 10.0. The molecule has 1 aromatic heterocycles. The number of rotatable bonds is 7. The molecule has 4 aromatic rings. The molecule has 1 heterocycles. The van der Waals surface area contributed by atoms with Gasteiger partial charge in [-0.15, -0.1) is 0 Å². The molecule has 3 aromatic carbocycles. The molecular formula is C25H24N2O4S. The quantitative estimate of drug-likeness (QED) is 0.454. The van der Waals surface area contributed by atoms with Crippen LogP contribution in [0.15, 0.2) is 89.3 Å². The van der Waals surface area contributed by atoms with Crippen LogP contribution in [0.4, 0.5) is 5.69 Å². The number of hydrogen-bond acceptors (Lipinski definition) is 4. The van der Waals surface area contributed by atoms with Gasteiger partial charge in [0.2, 0.25) is 15.9 Å². The molecule has 6 nitrogen and oxygen atoms in total. The van der Waals surface area contributed by atoms with Crippen molar-refractivity contribution >= 4 is 32.6 Å². The first kappa shape index (κ1) is 21.6. The second-order valence-electron chi connectivity index (χ2n) is 7.65. The maximum absolute atomic E-state index is 13.1. The highest BCUT2D eigenvalue weighted by molar-refractivity contribution is 7.92. The lowest BCUT2D eigenvalue weighted by Crippen LogP contribution is -2.42. The van der Waals surface area contributed by atoms with E-state index in [0.29, 0.717) is 11.4 Å². The normalized spacial score (nSPS) is 12.4. The zero-order valence-electron chi connectivity index (χ0n) is 17.9. The minimum absolute atomic E-state index is 0.340. The van der Waals surface area contributed by atoms with Crippen molar-refractivity contribution in [1.29, 1.82) is 0 Å². The second-order valence-corrected chi connectivity index (χ2v) is 9.56. The van der Waals surface area contributed by atoms with Crippen LogP contribution in [0.25, 0.3) is 11.0 Å². The first-order valence-electron chi connectivity index (χ1n) is 10.2. The van der Waals surface area contributed by atoms with Crippen LogP contribution in [0.3, 0.4) is 0 Å². The van der Waals surface area contributed by atoms with Gasteiger partial charge < -0.3 is 9.73 Å². The van der Waals surface area contributed by atoms with Crippen LogP contribution in [0, 0.1) is 6.92 Å². The molecule has 0 fully saturated rings. The van der Waals surface area contributed by atoms with Crippen LogP contribution in [-0.4, -0.2) is 27.1 Å². The first-order chi connectivity index (χ1) is 15.3. The van der Waals surface area contributed by atoms with Gasteiger partial charge in [-0.3, -0.25) is 9.10 Å². The predicted molar refractivity (Wildman–Crippen MR) is 126 cm³/mol. The minimum atomic E-state index is -3.67. The van der Waals surface area contributed by atoms with Crippen molar-refractivity contribution < 1.29 is 17.6 Å². The smallest absolute Gasteiger partial charge is 0.241 e. The van der Waals surface area contributed by atoms with Gasteiger partial charge in [-0.1, -0.05) is 66.7 Å². The summed E-state index contributed by atoms with van der Waals surface area (Å²) in [4.78, 5) is 13.1. The number of aryl methyl sites for hydroxylation is 1. The molecule has 0 spiro atoms. The number of nitrogens with one attached hydrogen (secondary N) is 1. The molecule has 0 radical (unpaired) electrons. The number of benzene rings is 3. The van der Waals surface area contributed by atoms with Gasteiger partial charge in [0, 0.05) is 5.39 Å². The molecule has 1 atom stereocenters. The SMILES string of the molecule is Cc1ccccc1N(CC(=O)NC(c1ccccc1)c1cc2ccccc2o1)S(C)(=O)=O. The lowest BCUT2D eigenvalue weighted by Gasteiger charge is -2.25. The summed E-state index contributed by atoms with van der Waals surface area (Å²) in [6.45, 7) is 1.47. The number of carbonyl (C=O) groups excluding carboxylic acids is 1. The van der Waals surface area contributed by atoms with E-state index in [1.54, 1.807) is 12.1 Å². The summed E-state index contributed by atoms with van der Waals surface area (Å²) < 4.78 is 32.1. The highest BCUT2D eigenvalue weighted by Crippen LogP contribution is 2.29. The summed E-state index contributed by atoms with van der Waals surface area (Å²) >= 11 is 0. The maximum atomic E-state index is 13.1. The van der Waals surface area contributed by atoms with Crippen LogP contribution in [0.5, 0.6) is 0 Å². The molecule has 0 aliphatic heterocycles. The van der Waals surface area contributed by atoms with Crippen molar-refractivity contribution in [3.05, 3.63) is 102 Å². The van der Waals surface area contributed by atoms with Gasteiger partial charge in [0.25, 0.3) is 0 Å². The van der Waals surface area contributed by atoms with E-state index in [4.69, 9.17) is 4.42 Å². The zero-order chi connectivity index (χ0) is 22.7. The summed E-state index contributed by atoms with van der Waals surface area (Å²) in [5, 5.41) is 3.89. The molecule has 0 aliphatic carbocycles. The fourth-order valence-corrected chi connectivity index (χ4v) is 4.58. The number of sulfonamides is 1. The van der Waals surface area contributed by atoms with Gasteiger partial charge in [0.15, 0.2) is 0 Å². The van der Waals surface area contributed by atoms with Crippen molar-refractivity contribution in [2.45, 2.75) is 13.0 Å². The van der Waals surface area contributed by atoms with Gasteiger partial charge in [0.1, 0.15) is 23.9 Å². The largest absolute Gasteiger partial charge is 0.459 e. The Labute approximate surface area is 187 Å². The molecule has 164 valence electrons. The number of furan rings is 1. The van der Waals surface area contributed by atoms with E-state index >= 15 is 0 Å². The van der Waals surface area contributed by atoms with Crippen LogP contribution in [0.1, 0.15) is 22.9 Å². The van der Waals surface area contributed by atoms with Crippen molar-refractivity contribution in [3.8, 4) is 0 Å². The number of hydrogen-bond donors (Lipinski definition) is 1. The van der Waals surface area contributed by atoms with Crippen molar-refractivity contribution in [2.24, 2.45) is 0 Å².